The van der Waals surface area contributed by atoms with Gasteiger partial charge in [-0.25, -0.2) is 0 Å². The van der Waals surface area contributed by atoms with E-state index in [0.717, 1.165) is 5.56 Å². The third kappa shape index (κ3) is 4.82. The highest BCUT2D eigenvalue weighted by Crippen LogP contribution is 2.30. The highest BCUT2D eigenvalue weighted by Gasteiger charge is 2.34. The minimum absolute atomic E-state index is 0.190. The average Bonchev–Trinajstić information content (AvgIpc) is 3.15. The maximum atomic E-state index is 13.4. The molecule has 1 amide bonds. The number of benzene rings is 2. The molecular formula is C21H20Cl2N4O3. The minimum atomic E-state index is -0.539. The molecule has 0 aliphatic carbocycles. The lowest BCUT2D eigenvalue weighted by Gasteiger charge is -2.36. The molecule has 2 aromatic carbocycles. The highest BCUT2D eigenvalue weighted by molar-refractivity contribution is 6.35. The number of aryl methyl sites for hydroxylation is 1. The second-order valence-corrected chi connectivity index (χ2v) is 7.86. The molecule has 0 saturated carbocycles. The van der Waals surface area contributed by atoms with Crippen molar-refractivity contribution < 1.29 is 14.1 Å². The summed E-state index contributed by atoms with van der Waals surface area (Å²) in [6.07, 6.45) is -0.379. The van der Waals surface area contributed by atoms with Gasteiger partial charge in [-0.3, -0.25) is 9.69 Å². The van der Waals surface area contributed by atoms with Crippen molar-refractivity contribution in [2.45, 2.75) is 19.1 Å². The van der Waals surface area contributed by atoms with Crippen LogP contribution in [0.3, 0.4) is 0 Å². The Morgan fingerprint density at radius 1 is 1.20 bits per heavy atom. The molecule has 2 atom stereocenters. The molecule has 0 unspecified atom stereocenters. The Labute approximate surface area is 183 Å². The SMILES string of the molecule is Cc1nc([C@@H]2CN([C@H](C(=O)Nc3cc(Cl)cc(Cl)c3)c3ccccc3)CCO2)no1. The van der Waals surface area contributed by atoms with Crippen molar-refractivity contribution >= 4 is 34.8 Å². The molecule has 4 rings (SSSR count). The summed E-state index contributed by atoms with van der Waals surface area (Å²) in [5.74, 6) is 0.761. The van der Waals surface area contributed by atoms with E-state index in [4.69, 9.17) is 32.5 Å². The van der Waals surface area contributed by atoms with Crippen LogP contribution in [0.4, 0.5) is 5.69 Å². The van der Waals surface area contributed by atoms with Gasteiger partial charge in [0.05, 0.1) is 6.61 Å². The first-order chi connectivity index (χ1) is 14.5. The van der Waals surface area contributed by atoms with Gasteiger partial charge in [-0.05, 0) is 23.8 Å². The predicted octanol–water partition coefficient (Wildman–Crippen LogP) is 4.44. The molecule has 3 aromatic rings. The van der Waals surface area contributed by atoms with Crippen LogP contribution >= 0.6 is 23.2 Å². The van der Waals surface area contributed by atoms with Crippen LogP contribution in [0.1, 0.15) is 29.4 Å². The normalized spacial score (nSPS) is 18.2. The van der Waals surface area contributed by atoms with Gasteiger partial charge in [0.25, 0.3) is 0 Å². The van der Waals surface area contributed by atoms with E-state index in [0.29, 0.717) is 47.1 Å². The smallest absolute Gasteiger partial charge is 0.246 e. The molecule has 1 N–H and O–H groups in total. The molecule has 0 radical (unpaired) electrons. The van der Waals surface area contributed by atoms with Crippen molar-refractivity contribution in [3.8, 4) is 0 Å². The van der Waals surface area contributed by atoms with Gasteiger partial charge in [-0.2, -0.15) is 4.98 Å². The van der Waals surface area contributed by atoms with Crippen LogP contribution in [-0.4, -0.2) is 40.6 Å². The van der Waals surface area contributed by atoms with E-state index in [2.05, 4.69) is 20.4 Å². The lowest BCUT2D eigenvalue weighted by Crippen LogP contribution is -2.45. The summed E-state index contributed by atoms with van der Waals surface area (Å²) in [5.41, 5.74) is 1.41. The van der Waals surface area contributed by atoms with Crippen LogP contribution in [-0.2, 0) is 9.53 Å². The number of halogens is 2. The summed E-state index contributed by atoms with van der Waals surface area (Å²) in [4.78, 5) is 19.7. The second kappa shape index (κ2) is 9.14. The van der Waals surface area contributed by atoms with Crippen LogP contribution in [0.5, 0.6) is 0 Å². The van der Waals surface area contributed by atoms with E-state index in [9.17, 15) is 4.79 Å². The summed E-state index contributed by atoms with van der Waals surface area (Å²) < 4.78 is 10.9. The number of ether oxygens (including phenoxy) is 1. The second-order valence-electron chi connectivity index (χ2n) is 6.99. The van der Waals surface area contributed by atoms with Gasteiger partial charge >= 0.3 is 0 Å². The van der Waals surface area contributed by atoms with Gasteiger partial charge in [-0.1, -0.05) is 58.7 Å². The Morgan fingerprint density at radius 3 is 2.60 bits per heavy atom. The predicted molar refractivity (Wildman–Crippen MR) is 114 cm³/mol. The van der Waals surface area contributed by atoms with Crippen LogP contribution in [0.2, 0.25) is 10.0 Å². The number of carbonyl (C=O) groups is 1. The molecule has 156 valence electrons. The summed E-state index contributed by atoms with van der Waals surface area (Å²) in [7, 11) is 0. The van der Waals surface area contributed by atoms with Crippen molar-refractivity contribution in [2.75, 3.05) is 25.0 Å². The van der Waals surface area contributed by atoms with Crippen molar-refractivity contribution in [2.24, 2.45) is 0 Å². The van der Waals surface area contributed by atoms with Gasteiger partial charge in [0.15, 0.2) is 0 Å². The topological polar surface area (TPSA) is 80.5 Å². The molecule has 7 nitrogen and oxygen atoms in total. The molecule has 9 heteroatoms. The summed E-state index contributed by atoms with van der Waals surface area (Å²) >= 11 is 12.2. The molecule has 1 aliphatic rings. The Morgan fingerprint density at radius 2 is 1.93 bits per heavy atom. The van der Waals surface area contributed by atoms with Crippen LogP contribution in [0, 0.1) is 6.92 Å². The number of hydrogen-bond acceptors (Lipinski definition) is 6. The molecule has 2 heterocycles. The minimum Gasteiger partial charge on any atom is -0.367 e. The van der Waals surface area contributed by atoms with E-state index < -0.39 is 6.04 Å². The van der Waals surface area contributed by atoms with E-state index in [1.165, 1.54) is 0 Å². The van der Waals surface area contributed by atoms with E-state index in [1.807, 2.05) is 30.3 Å². The number of anilines is 1. The lowest BCUT2D eigenvalue weighted by atomic mass is 10.0. The molecule has 1 fully saturated rings. The highest BCUT2D eigenvalue weighted by atomic mass is 35.5. The van der Waals surface area contributed by atoms with Crippen molar-refractivity contribution in [1.82, 2.24) is 15.0 Å². The molecule has 1 saturated heterocycles. The van der Waals surface area contributed by atoms with Crippen molar-refractivity contribution in [3.05, 3.63) is 75.9 Å². The third-order valence-electron chi connectivity index (χ3n) is 4.79. The van der Waals surface area contributed by atoms with Crippen LogP contribution in [0.15, 0.2) is 53.1 Å². The van der Waals surface area contributed by atoms with Gasteiger partial charge in [-0.15, -0.1) is 0 Å². The van der Waals surface area contributed by atoms with Gasteiger partial charge in [0, 0.05) is 35.7 Å². The number of hydrogen-bond donors (Lipinski definition) is 1. The first-order valence-corrected chi connectivity index (χ1v) is 10.2. The zero-order valence-electron chi connectivity index (χ0n) is 16.2. The first kappa shape index (κ1) is 20.8. The number of amides is 1. The summed E-state index contributed by atoms with van der Waals surface area (Å²) in [5, 5.41) is 7.81. The molecule has 0 bridgehead atoms. The number of nitrogens with one attached hydrogen (secondary N) is 1. The van der Waals surface area contributed by atoms with Gasteiger partial charge in [0.1, 0.15) is 12.1 Å². The number of rotatable bonds is 5. The molecule has 0 spiro atoms. The van der Waals surface area contributed by atoms with Crippen molar-refractivity contribution in [1.29, 1.82) is 0 Å². The number of nitrogens with zero attached hydrogens (tertiary/aromatic N) is 3. The van der Waals surface area contributed by atoms with Gasteiger partial charge in [0.2, 0.25) is 17.6 Å². The van der Waals surface area contributed by atoms with Crippen molar-refractivity contribution in [3.63, 3.8) is 0 Å². The van der Waals surface area contributed by atoms with E-state index in [-0.39, 0.29) is 12.0 Å². The maximum Gasteiger partial charge on any atom is 0.246 e. The number of morpholine rings is 1. The average molecular weight is 447 g/mol. The zero-order valence-corrected chi connectivity index (χ0v) is 17.7. The maximum absolute atomic E-state index is 13.4. The summed E-state index contributed by atoms with van der Waals surface area (Å²) in [6.45, 7) is 3.20. The lowest BCUT2D eigenvalue weighted by molar-refractivity contribution is -0.125. The quantitative estimate of drug-likeness (QED) is 0.623. The number of carbonyl (C=O) groups excluding carboxylic acids is 1. The Balaban J connectivity index is 1.60. The molecule has 1 aliphatic heterocycles. The fourth-order valence-corrected chi connectivity index (χ4v) is 4.03. The van der Waals surface area contributed by atoms with Crippen LogP contribution < -0.4 is 5.32 Å². The number of aromatic nitrogens is 2. The van der Waals surface area contributed by atoms with E-state index in [1.54, 1.807) is 25.1 Å². The van der Waals surface area contributed by atoms with Gasteiger partial charge < -0.3 is 14.6 Å². The monoisotopic (exact) mass is 446 g/mol. The Bertz CT molecular complexity index is 1010. The first-order valence-electron chi connectivity index (χ1n) is 9.47. The molecule has 1 aromatic heterocycles. The fraction of sp³-hybridized carbons (Fsp3) is 0.286. The van der Waals surface area contributed by atoms with Crippen LogP contribution in [0.25, 0.3) is 0 Å². The molecule has 30 heavy (non-hydrogen) atoms. The standard InChI is InChI=1S/C21H20Cl2N4O3/c1-13-24-20(26-30-13)18-12-27(7-8-29-18)19(14-5-3-2-4-6-14)21(28)25-17-10-15(22)9-16(23)11-17/h2-6,9-11,18-19H,7-8,12H2,1H3,(H,25,28)/t18-,19-/m0/s1. The fourth-order valence-electron chi connectivity index (χ4n) is 3.51. The zero-order chi connectivity index (χ0) is 21.1. The Hall–Kier alpha value is -2.45. The third-order valence-corrected chi connectivity index (χ3v) is 5.22. The Kier molecular flexibility index (Phi) is 6.34. The summed E-state index contributed by atoms with van der Waals surface area (Å²) in [6, 6.07) is 14.0. The van der Waals surface area contributed by atoms with E-state index >= 15 is 0 Å². The largest absolute Gasteiger partial charge is 0.367 e. The molecular weight excluding hydrogens is 427 g/mol.